The molecule has 0 aliphatic heterocycles. The summed E-state index contributed by atoms with van der Waals surface area (Å²) in [6.45, 7) is 3.44. The lowest BCUT2D eigenvalue weighted by molar-refractivity contribution is -0.147. The smallest absolute Gasteiger partial charge is 0.309 e. The number of carboxylic acid groups (broad SMARTS) is 1. The number of carbonyl (C=O) groups is 2. The van der Waals surface area contributed by atoms with Gasteiger partial charge >= 0.3 is 5.97 Å². The summed E-state index contributed by atoms with van der Waals surface area (Å²) < 4.78 is 5.15. The van der Waals surface area contributed by atoms with E-state index in [0.717, 1.165) is 0 Å². The summed E-state index contributed by atoms with van der Waals surface area (Å²) in [5, 5.41) is 15.9. The van der Waals surface area contributed by atoms with E-state index in [2.05, 4.69) is 10.5 Å². The summed E-state index contributed by atoms with van der Waals surface area (Å²) in [6, 6.07) is 8.57. The molecule has 0 bridgehead atoms. The van der Waals surface area contributed by atoms with Crippen LogP contribution in [-0.4, -0.2) is 28.7 Å². The van der Waals surface area contributed by atoms with E-state index >= 15 is 0 Å². The zero-order chi connectivity index (χ0) is 17.0. The average Bonchev–Trinajstić information content (AvgIpc) is 2.97. The molecular formula is C16H17ClN2O4. The van der Waals surface area contributed by atoms with Gasteiger partial charge in [-0.3, -0.25) is 9.59 Å². The molecule has 1 aromatic carbocycles. The van der Waals surface area contributed by atoms with E-state index in [9.17, 15) is 9.59 Å². The largest absolute Gasteiger partial charge is 0.481 e. The lowest BCUT2D eigenvalue weighted by atomic mass is 9.90. The molecule has 2 N–H and O–H groups in total. The van der Waals surface area contributed by atoms with Crippen molar-refractivity contribution < 1.29 is 19.2 Å². The van der Waals surface area contributed by atoms with Crippen LogP contribution in [-0.2, 0) is 4.79 Å². The molecule has 2 rings (SSSR count). The van der Waals surface area contributed by atoms with Crippen LogP contribution >= 0.6 is 11.6 Å². The van der Waals surface area contributed by atoms with Gasteiger partial charge in [-0.05, 0) is 32.4 Å². The predicted octanol–water partition coefficient (Wildman–Crippen LogP) is 3.23. The third-order valence-electron chi connectivity index (χ3n) is 3.50. The number of carboxylic acids is 1. The first kappa shape index (κ1) is 17.0. The second-order valence-corrected chi connectivity index (χ2v) is 6.16. The van der Waals surface area contributed by atoms with Crippen LogP contribution in [0.4, 0.5) is 0 Å². The Labute approximate surface area is 138 Å². The molecule has 0 saturated heterocycles. The van der Waals surface area contributed by atoms with Gasteiger partial charge in [0.05, 0.1) is 10.4 Å². The molecule has 1 heterocycles. The van der Waals surface area contributed by atoms with Crippen molar-refractivity contribution in [2.45, 2.75) is 20.3 Å². The summed E-state index contributed by atoms with van der Waals surface area (Å²) >= 11 is 6.07. The number of carbonyl (C=O) groups excluding carboxylic acids is 1. The van der Waals surface area contributed by atoms with Crippen molar-refractivity contribution in [3.05, 3.63) is 41.0 Å². The Kier molecular flexibility index (Phi) is 5.05. The Bertz CT molecular complexity index is 724. The van der Waals surface area contributed by atoms with Gasteiger partial charge in [0.15, 0.2) is 11.5 Å². The SMILES string of the molecule is CC(C)(CCNC(=O)c1cc(-c2ccccc2Cl)on1)C(=O)O. The highest BCUT2D eigenvalue weighted by atomic mass is 35.5. The quantitative estimate of drug-likeness (QED) is 0.844. The molecule has 0 atom stereocenters. The maximum absolute atomic E-state index is 12.0. The molecule has 0 spiro atoms. The van der Waals surface area contributed by atoms with Crippen LogP contribution in [0.3, 0.4) is 0 Å². The number of nitrogens with zero attached hydrogens (tertiary/aromatic N) is 1. The highest BCUT2D eigenvalue weighted by Crippen LogP contribution is 2.28. The topological polar surface area (TPSA) is 92.4 Å². The number of nitrogens with one attached hydrogen (secondary N) is 1. The standard InChI is InChI=1S/C16H17ClN2O4/c1-16(2,15(21)22)7-8-18-14(20)12-9-13(23-19-12)10-5-3-4-6-11(10)17/h3-6,9H,7-8H2,1-2H3,(H,18,20)(H,21,22). The minimum absolute atomic E-state index is 0.119. The molecule has 0 fully saturated rings. The first-order valence-corrected chi connectivity index (χ1v) is 7.42. The molecule has 0 saturated carbocycles. The molecule has 6 nitrogen and oxygen atoms in total. The van der Waals surface area contributed by atoms with Crippen LogP contribution in [0.5, 0.6) is 0 Å². The number of amides is 1. The number of hydrogen-bond donors (Lipinski definition) is 2. The van der Waals surface area contributed by atoms with Crippen molar-refractivity contribution in [1.29, 1.82) is 0 Å². The zero-order valence-corrected chi connectivity index (χ0v) is 13.6. The minimum atomic E-state index is -0.908. The number of aromatic nitrogens is 1. The Morgan fingerprint density at radius 2 is 2.04 bits per heavy atom. The lowest BCUT2D eigenvalue weighted by Gasteiger charge is -2.18. The van der Waals surface area contributed by atoms with Gasteiger partial charge in [-0.1, -0.05) is 28.9 Å². The maximum atomic E-state index is 12.0. The van der Waals surface area contributed by atoms with Gasteiger partial charge in [0.1, 0.15) is 0 Å². The molecule has 122 valence electrons. The number of hydrogen-bond acceptors (Lipinski definition) is 4. The number of benzene rings is 1. The summed E-state index contributed by atoms with van der Waals surface area (Å²) in [6.07, 6.45) is 0.309. The van der Waals surface area contributed by atoms with Gasteiger partial charge in [0.25, 0.3) is 5.91 Å². The van der Waals surface area contributed by atoms with E-state index in [1.54, 1.807) is 38.1 Å². The Morgan fingerprint density at radius 3 is 2.70 bits per heavy atom. The number of halogens is 1. The molecular weight excluding hydrogens is 320 g/mol. The van der Waals surface area contributed by atoms with Crippen LogP contribution in [0.15, 0.2) is 34.9 Å². The first-order chi connectivity index (χ1) is 10.8. The normalized spacial score (nSPS) is 11.3. The van der Waals surface area contributed by atoms with E-state index in [0.29, 0.717) is 22.8 Å². The molecule has 0 aliphatic rings. The third-order valence-corrected chi connectivity index (χ3v) is 3.83. The van der Waals surface area contributed by atoms with Crippen molar-refractivity contribution in [1.82, 2.24) is 10.5 Å². The summed E-state index contributed by atoms with van der Waals surface area (Å²) in [5.41, 5.74) is -0.138. The van der Waals surface area contributed by atoms with Crippen molar-refractivity contribution in [2.75, 3.05) is 6.54 Å². The Hall–Kier alpha value is -2.34. The van der Waals surface area contributed by atoms with E-state index in [1.165, 1.54) is 6.07 Å². The van der Waals surface area contributed by atoms with Crippen molar-refractivity contribution in [3.63, 3.8) is 0 Å². The summed E-state index contributed by atoms with van der Waals surface area (Å²) in [4.78, 5) is 23.0. The fourth-order valence-corrected chi connectivity index (χ4v) is 2.09. The molecule has 2 aromatic rings. The van der Waals surface area contributed by atoms with Crippen molar-refractivity contribution in [3.8, 4) is 11.3 Å². The lowest BCUT2D eigenvalue weighted by Crippen LogP contribution is -2.32. The molecule has 0 radical (unpaired) electrons. The van der Waals surface area contributed by atoms with E-state index < -0.39 is 17.3 Å². The highest BCUT2D eigenvalue weighted by Gasteiger charge is 2.26. The molecule has 0 aliphatic carbocycles. The summed E-state index contributed by atoms with van der Waals surface area (Å²) in [5.74, 6) is -0.936. The number of rotatable bonds is 6. The van der Waals surface area contributed by atoms with Gasteiger partial charge in [-0.15, -0.1) is 0 Å². The second-order valence-electron chi connectivity index (χ2n) is 5.75. The van der Waals surface area contributed by atoms with Crippen LogP contribution in [0.1, 0.15) is 30.8 Å². The Balaban J connectivity index is 2.00. The van der Waals surface area contributed by atoms with Crippen LogP contribution in [0, 0.1) is 5.41 Å². The zero-order valence-electron chi connectivity index (χ0n) is 12.8. The number of aliphatic carboxylic acids is 1. The fourth-order valence-electron chi connectivity index (χ4n) is 1.86. The second kappa shape index (κ2) is 6.83. The highest BCUT2D eigenvalue weighted by molar-refractivity contribution is 6.33. The van der Waals surface area contributed by atoms with Crippen molar-refractivity contribution in [2.24, 2.45) is 5.41 Å². The van der Waals surface area contributed by atoms with Crippen LogP contribution < -0.4 is 5.32 Å². The molecule has 1 aromatic heterocycles. The van der Waals surface area contributed by atoms with Gasteiger partial charge in [-0.2, -0.15) is 0 Å². The minimum Gasteiger partial charge on any atom is -0.481 e. The van der Waals surface area contributed by atoms with E-state index in [4.69, 9.17) is 21.2 Å². The van der Waals surface area contributed by atoms with Crippen LogP contribution in [0.25, 0.3) is 11.3 Å². The first-order valence-electron chi connectivity index (χ1n) is 7.04. The third kappa shape index (κ3) is 4.10. The van der Waals surface area contributed by atoms with Crippen molar-refractivity contribution >= 4 is 23.5 Å². The molecule has 7 heteroatoms. The molecule has 23 heavy (non-hydrogen) atoms. The Morgan fingerprint density at radius 1 is 1.35 bits per heavy atom. The van der Waals surface area contributed by atoms with Gasteiger partial charge in [-0.25, -0.2) is 0 Å². The molecule has 0 unspecified atom stereocenters. The monoisotopic (exact) mass is 336 g/mol. The van der Waals surface area contributed by atoms with Gasteiger partial charge < -0.3 is 14.9 Å². The van der Waals surface area contributed by atoms with E-state index in [-0.39, 0.29) is 12.2 Å². The average molecular weight is 337 g/mol. The van der Waals surface area contributed by atoms with E-state index in [1.807, 2.05) is 0 Å². The van der Waals surface area contributed by atoms with Gasteiger partial charge in [0.2, 0.25) is 0 Å². The maximum Gasteiger partial charge on any atom is 0.309 e. The van der Waals surface area contributed by atoms with Crippen LogP contribution in [0.2, 0.25) is 5.02 Å². The molecule has 1 amide bonds. The fraction of sp³-hybridized carbons (Fsp3) is 0.312. The summed E-state index contributed by atoms with van der Waals surface area (Å²) in [7, 11) is 0. The van der Waals surface area contributed by atoms with Gasteiger partial charge in [0, 0.05) is 18.2 Å². The predicted molar refractivity (Wildman–Crippen MR) is 85.3 cm³/mol.